The molecule has 3 rings (SSSR count). The van der Waals surface area contributed by atoms with Gasteiger partial charge in [-0.15, -0.1) is 0 Å². The Bertz CT molecular complexity index is 985. The zero-order valence-electron chi connectivity index (χ0n) is 15.5. The van der Waals surface area contributed by atoms with Crippen LogP contribution < -0.4 is 4.74 Å². The first-order valence-electron chi connectivity index (χ1n) is 8.70. The summed E-state index contributed by atoms with van der Waals surface area (Å²) in [4.78, 5) is 12.3. The lowest BCUT2D eigenvalue weighted by Crippen LogP contribution is -1.95. The number of halogens is 1. The maximum atomic E-state index is 12.3. The molecule has 0 radical (unpaired) electrons. The van der Waals surface area contributed by atoms with E-state index in [9.17, 15) is 4.79 Å². The van der Waals surface area contributed by atoms with E-state index in [4.69, 9.17) is 20.8 Å². The summed E-state index contributed by atoms with van der Waals surface area (Å²) < 4.78 is 13.2. The number of carbonyl (C=O) groups excluding carboxylic acids is 1. The minimum Gasteiger partial charge on any atom is -0.486 e. The molecular formula is C21H21ClN2O3. The molecule has 0 saturated carbocycles. The fraction of sp³-hybridized carbons (Fsp3) is 0.238. The number of aryl methyl sites for hydroxylation is 3. The molecule has 2 heterocycles. The molecule has 0 aliphatic rings. The fourth-order valence-electron chi connectivity index (χ4n) is 2.59. The van der Waals surface area contributed by atoms with Gasteiger partial charge in [-0.3, -0.25) is 9.48 Å². The maximum Gasteiger partial charge on any atom is 0.189 e. The van der Waals surface area contributed by atoms with E-state index in [2.05, 4.69) is 5.10 Å². The van der Waals surface area contributed by atoms with Crippen LogP contribution in [0.4, 0.5) is 0 Å². The summed E-state index contributed by atoms with van der Waals surface area (Å²) in [6.07, 6.45) is 4.91. The number of nitrogens with zero attached hydrogens (tertiary/aromatic N) is 2. The van der Waals surface area contributed by atoms with Crippen LogP contribution in [0.1, 0.15) is 40.1 Å². The molecule has 0 aliphatic carbocycles. The fourth-order valence-corrected chi connectivity index (χ4v) is 2.71. The molecule has 0 fully saturated rings. The predicted octanol–water partition coefficient (Wildman–Crippen LogP) is 5.24. The Morgan fingerprint density at radius 3 is 2.81 bits per heavy atom. The van der Waals surface area contributed by atoms with Gasteiger partial charge in [0.25, 0.3) is 0 Å². The molecule has 0 atom stereocenters. The topological polar surface area (TPSA) is 57.3 Å². The number of hydrogen-bond acceptors (Lipinski definition) is 4. The highest BCUT2D eigenvalue weighted by molar-refractivity contribution is 6.31. The minimum atomic E-state index is -0.0990. The van der Waals surface area contributed by atoms with Crippen LogP contribution in [0.15, 0.2) is 47.0 Å². The van der Waals surface area contributed by atoms with Crippen molar-refractivity contribution in [2.75, 3.05) is 0 Å². The Morgan fingerprint density at radius 2 is 2.11 bits per heavy atom. The zero-order chi connectivity index (χ0) is 19.4. The summed E-state index contributed by atoms with van der Waals surface area (Å²) in [6, 6.07) is 9.13. The van der Waals surface area contributed by atoms with Crippen molar-refractivity contribution in [2.45, 2.75) is 33.9 Å². The molecule has 0 spiro atoms. The van der Waals surface area contributed by atoms with Crippen LogP contribution in [-0.4, -0.2) is 15.6 Å². The predicted molar refractivity (Wildman–Crippen MR) is 105 cm³/mol. The average molecular weight is 385 g/mol. The smallest absolute Gasteiger partial charge is 0.189 e. The van der Waals surface area contributed by atoms with Gasteiger partial charge in [-0.05, 0) is 68.8 Å². The molecule has 5 nitrogen and oxygen atoms in total. The second-order valence-corrected chi connectivity index (χ2v) is 6.59. The van der Waals surface area contributed by atoms with E-state index in [0.29, 0.717) is 28.7 Å². The third-order valence-electron chi connectivity index (χ3n) is 4.13. The van der Waals surface area contributed by atoms with Gasteiger partial charge in [0, 0.05) is 17.8 Å². The Morgan fingerprint density at radius 1 is 1.30 bits per heavy atom. The van der Waals surface area contributed by atoms with Gasteiger partial charge in [0.2, 0.25) is 0 Å². The molecule has 0 saturated heterocycles. The van der Waals surface area contributed by atoms with Gasteiger partial charge in [-0.25, -0.2) is 0 Å². The molecule has 0 amide bonds. The van der Waals surface area contributed by atoms with Crippen molar-refractivity contribution >= 4 is 23.5 Å². The lowest BCUT2D eigenvalue weighted by atomic mass is 10.1. The van der Waals surface area contributed by atoms with Crippen LogP contribution in [0.2, 0.25) is 5.02 Å². The van der Waals surface area contributed by atoms with E-state index in [0.717, 1.165) is 23.6 Å². The van der Waals surface area contributed by atoms with E-state index in [1.165, 1.54) is 6.08 Å². The molecule has 0 aliphatic heterocycles. The summed E-state index contributed by atoms with van der Waals surface area (Å²) in [6.45, 7) is 6.76. The Labute approximate surface area is 163 Å². The third-order valence-corrected chi connectivity index (χ3v) is 4.55. The number of ether oxygens (including phenoxy) is 1. The molecule has 3 aromatic rings. The molecular weight excluding hydrogens is 364 g/mol. The van der Waals surface area contributed by atoms with E-state index >= 15 is 0 Å². The van der Waals surface area contributed by atoms with Crippen LogP contribution in [0.3, 0.4) is 0 Å². The van der Waals surface area contributed by atoms with Gasteiger partial charge in [0.15, 0.2) is 5.78 Å². The van der Waals surface area contributed by atoms with Crippen LogP contribution in [0.5, 0.6) is 5.75 Å². The first-order valence-corrected chi connectivity index (χ1v) is 9.08. The zero-order valence-corrected chi connectivity index (χ0v) is 16.3. The Kier molecular flexibility index (Phi) is 5.81. The first-order chi connectivity index (χ1) is 13.0. The SMILES string of the molecule is CCn1cc(C(=O)/C=C/c2ccc(COc3ccc(Cl)c(C)c3)o2)c(C)n1. The van der Waals surface area contributed by atoms with Crippen LogP contribution in [0, 0.1) is 13.8 Å². The lowest BCUT2D eigenvalue weighted by Gasteiger charge is -2.05. The van der Waals surface area contributed by atoms with Crippen molar-refractivity contribution in [1.29, 1.82) is 0 Å². The molecule has 0 N–H and O–H groups in total. The van der Waals surface area contributed by atoms with E-state index in [1.54, 1.807) is 29.1 Å². The summed E-state index contributed by atoms with van der Waals surface area (Å²) >= 11 is 6.01. The van der Waals surface area contributed by atoms with Gasteiger partial charge in [-0.2, -0.15) is 5.10 Å². The summed E-state index contributed by atoms with van der Waals surface area (Å²) in [5.74, 6) is 1.89. The molecule has 6 heteroatoms. The monoisotopic (exact) mass is 384 g/mol. The number of rotatable bonds is 7. The average Bonchev–Trinajstić information content (AvgIpc) is 3.27. The summed E-state index contributed by atoms with van der Waals surface area (Å²) in [7, 11) is 0. The number of carbonyl (C=O) groups is 1. The van der Waals surface area contributed by atoms with E-state index in [1.807, 2.05) is 39.0 Å². The van der Waals surface area contributed by atoms with Gasteiger partial charge in [0.1, 0.15) is 23.9 Å². The number of furan rings is 1. The second-order valence-electron chi connectivity index (χ2n) is 6.19. The van der Waals surface area contributed by atoms with Gasteiger partial charge in [0.05, 0.1) is 11.3 Å². The van der Waals surface area contributed by atoms with Crippen molar-refractivity contribution in [1.82, 2.24) is 9.78 Å². The van der Waals surface area contributed by atoms with E-state index < -0.39 is 0 Å². The van der Waals surface area contributed by atoms with Crippen molar-refractivity contribution in [3.63, 3.8) is 0 Å². The Balaban J connectivity index is 1.61. The van der Waals surface area contributed by atoms with Crippen LogP contribution in [-0.2, 0) is 13.2 Å². The summed E-state index contributed by atoms with van der Waals surface area (Å²) in [5, 5.41) is 4.99. The third kappa shape index (κ3) is 4.68. The largest absolute Gasteiger partial charge is 0.486 e. The number of allylic oxidation sites excluding steroid dienone is 1. The number of benzene rings is 1. The highest BCUT2D eigenvalue weighted by Crippen LogP contribution is 2.22. The highest BCUT2D eigenvalue weighted by Gasteiger charge is 2.10. The van der Waals surface area contributed by atoms with Crippen molar-refractivity contribution in [2.24, 2.45) is 0 Å². The molecule has 27 heavy (non-hydrogen) atoms. The highest BCUT2D eigenvalue weighted by atomic mass is 35.5. The number of hydrogen-bond donors (Lipinski definition) is 0. The molecule has 0 unspecified atom stereocenters. The van der Waals surface area contributed by atoms with Crippen LogP contribution in [0.25, 0.3) is 6.08 Å². The quantitative estimate of drug-likeness (QED) is 0.413. The van der Waals surface area contributed by atoms with Crippen molar-refractivity contribution < 1.29 is 13.9 Å². The van der Waals surface area contributed by atoms with Crippen LogP contribution >= 0.6 is 11.6 Å². The van der Waals surface area contributed by atoms with Crippen molar-refractivity contribution in [3.8, 4) is 5.75 Å². The second kappa shape index (κ2) is 8.27. The first kappa shape index (κ1) is 19.0. The standard InChI is InChI=1S/C21H21ClN2O3/c1-4-24-12-19(15(3)23-24)21(25)10-8-16-5-6-18(27-16)13-26-17-7-9-20(22)14(2)11-17/h5-12H,4,13H2,1-3H3/b10-8+. The summed E-state index contributed by atoms with van der Waals surface area (Å²) in [5.41, 5.74) is 2.28. The molecule has 2 aromatic heterocycles. The normalized spacial score (nSPS) is 11.3. The van der Waals surface area contributed by atoms with Crippen molar-refractivity contribution in [3.05, 3.63) is 76.0 Å². The number of ketones is 1. The minimum absolute atomic E-state index is 0.0990. The lowest BCUT2D eigenvalue weighted by molar-refractivity contribution is 0.104. The molecule has 140 valence electrons. The number of aromatic nitrogens is 2. The van der Waals surface area contributed by atoms with Gasteiger partial charge in [-0.1, -0.05) is 11.6 Å². The van der Waals surface area contributed by atoms with Gasteiger partial charge >= 0.3 is 0 Å². The van der Waals surface area contributed by atoms with E-state index in [-0.39, 0.29) is 5.78 Å². The molecule has 1 aromatic carbocycles. The van der Waals surface area contributed by atoms with Gasteiger partial charge < -0.3 is 9.15 Å². The molecule has 0 bridgehead atoms. The maximum absolute atomic E-state index is 12.3. The Hall–Kier alpha value is -2.79.